The van der Waals surface area contributed by atoms with Gasteiger partial charge in [-0.15, -0.1) is 0 Å². The Kier molecular flexibility index (Phi) is 4.73. The van der Waals surface area contributed by atoms with Crippen LogP contribution in [0.3, 0.4) is 0 Å². The SMILES string of the molecule is Nc1nc(C2CCOC2)cc(N2CCC(O)(c3ccc(Cl)cc3)CC2)n1. The first-order chi connectivity index (χ1) is 12.5. The molecule has 7 heteroatoms. The summed E-state index contributed by atoms with van der Waals surface area (Å²) in [4.78, 5) is 11.0. The van der Waals surface area contributed by atoms with Gasteiger partial charge in [-0.3, -0.25) is 0 Å². The zero-order valence-electron chi connectivity index (χ0n) is 14.6. The maximum atomic E-state index is 11.0. The molecule has 0 aliphatic carbocycles. The van der Waals surface area contributed by atoms with Crippen LogP contribution in [0.1, 0.15) is 36.4 Å². The van der Waals surface area contributed by atoms with Gasteiger partial charge in [-0.1, -0.05) is 23.7 Å². The lowest BCUT2D eigenvalue weighted by Gasteiger charge is -2.39. The van der Waals surface area contributed by atoms with Crippen molar-refractivity contribution in [2.75, 3.05) is 36.9 Å². The average Bonchev–Trinajstić information content (AvgIpc) is 3.17. The second-order valence-corrected chi connectivity index (χ2v) is 7.53. The van der Waals surface area contributed by atoms with E-state index in [4.69, 9.17) is 22.1 Å². The Labute approximate surface area is 158 Å². The Morgan fingerprint density at radius 3 is 2.58 bits per heavy atom. The summed E-state index contributed by atoms with van der Waals surface area (Å²) in [6.45, 7) is 2.86. The van der Waals surface area contributed by atoms with Crippen molar-refractivity contribution in [3.63, 3.8) is 0 Å². The molecule has 6 nitrogen and oxygen atoms in total. The van der Waals surface area contributed by atoms with Crippen molar-refractivity contribution in [3.05, 3.63) is 46.6 Å². The first kappa shape index (κ1) is 17.5. The van der Waals surface area contributed by atoms with Crippen molar-refractivity contribution < 1.29 is 9.84 Å². The van der Waals surface area contributed by atoms with E-state index in [2.05, 4.69) is 14.9 Å². The number of ether oxygens (including phenoxy) is 1. The summed E-state index contributed by atoms with van der Waals surface area (Å²) in [6.07, 6.45) is 2.22. The third-order valence-electron chi connectivity index (χ3n) is 5.39. The van der Waals surface area contributed by atoms with Gasteiger partial charge in [-0.05, 0) is 37.0 Å². The van der Waals surface area contributed by atoms with Gasteiger partial charge in [0.25, 0.3) is 0 Å². The van der Waals surface area contributed by atoms with E-state index in [0.717, 1.165) is 30.1 Å². The minimum absolute atomic E-state index is 0.287. The number of benzene rings is 1. The molecule has 2 aromatic rings. The third kappa shape index (κ3) is 3.49. The highest BCUT2D eigenvalue weighted by Gasteiger charge is 2.34. The number of aromatic nitrogens is 2. The minimum atomic E-state index is -0.832. The lowest BCUT2D eigenvalue weighted by molar-refractivity contribution is 0.0116. The van der Waals surface area contributed by atoms with E-state index in [1.165, 1.54) is 0 Å². The predicted octanol–water partition coefficient (Wildman–Crippen LogP) is 2.70. The summed E-state index contributed by atoms with van der Waals surface area (Å²) >= 11 is 5.96. The van der Waals surface area contributed by atoms with Crippen LogP contribution in [0, 0.1) is 0 Å². The standard InChI is InChI=1S/C19H23ClN4O2/c20-15-3-1-14(2-4-15)19(25)6-8-24(9-7-19)17-11-16(22-18(21)23-17)13-5-10-26-12-13/h1-4,11,13,25H,5-10,12H2,(H2,21,22,23). The van der Waals surface area contributed by atoms with Crippen LogP contribution in [0.15, 0.2) is 30.3 Å². The molecule has 138 valence electrons. The molecule has 3 heterocycles. The smallest absolute Gasteiger partial charge is 0.222 e. The van der Waals surface area contributed by atoms with Crippen LogP contribution in [0.25, 0.3) is 0 Å². The fraction of sp³-hybridized carbons (Fsp3) is 0.474. The number of aliphatic hydroxyl groups is 1. The molecule has 2 fully saturated rings. The normalized spacial score (nSPS) is 22.5. The van der Waals surface area contributed by atoms with E-state index in [0.29, 0.717) is 43.5 Å². The summed E-state index contributed by atoms with van der Waals surface area (Å²) in [7, 11) is 0. The molecule has 0 amide bonds. The van der Waals surface area contributed by atoms with Crippen molar-refractivity contribution >= 4 is 23.4 Å². The highest BCUT2D eigenvalue weighted by atomic mass is 35.5. The Hall–Kier alpha value is -1.89. The van der Waals surface area contributed by atoms with E-state index in [1.54, 1.807) is 0 Å². The molecule has 4 rings (SSSR count). The fourth-order valence-corrected chi connectivity index (χ4v) is 3.89. The molecule has 2 aliphatic heterocycles. The lowest BCUT2D eigenvalue weighted by Crippen LogP contribution is -2.43. The van der Waals surface area contributed by atoms with Crippen LogP contribution >= 0.6 is 11.6 Å². The van der Waals surface area contributed by atoms with Gasteiger partial charge in [0.05, 0.1) is 17.9 Å². The Balaban J connectivity index is 1.50. The second kappa shape index (κ2) is 7.02. The van der Waals surface area contributed by atoms with E-state index in [9.17, 15) is 5.11 Å². The van der Waals surface area contributed by atoms with Gasteiger partial charge in [0, 0.05) is 36.7 Å². The number of hydrogen-bond donors (Lipinski definition) is 2. The molecular weight excluding hydrogens is 352 g/mol. The molecule has 2 aliphatic rings. The van der Waals surface area contributed by atoms with Crippen LogP contribution in [-0.2, 0) is 10.3 Å². The highest BCUT2D eigenvalue weighted by Crippen LogP contribution is 2.35. The summed E-state index contributed by atoms with van der Waals surface area (Å²) in [5, 5.41) is 11.7. The van der Waals surface area contributed by atoms with Gasteiger partial charge in [-0.25, -0.2) is 4.98 Å². The summed E-state index contributed by atoms with van der Waals surface area (Å²) < 4.78 is 5.46. The van der Waals surface area contributed by atoms with Crippen LogP contribution in [-0.4, -0.2) is 41.4 Å². The van der Waals surface area contributed by atoms with Crippen molar-refractivity contribution in [2.45, 2.75) is 30.8 Å². The lowest BCUT2D eigenvalue weighted by atomic mass is 9.84. The maximum Gasteiger partial charge on any atom is 0.222 e. The van der Waals surface area contributed by atoms with Crippen molar-refractivity contribution in [2.24, 2.45) is 0 Å². The fourth-order valence-electron chi connectivity index (χ4n) is 3.76. The van der Waals surface area contributed by atoms with Gasteiger partial charge < -0.3 is 20.5 Å². The van der Waals surface area contributed by atoms with Gasteiger partial charge in [0.2, 0.25) is 5.95 Å². The Morgan fingerprint density at radius 1 is 1.19 bits per heavy atom. The van der Waals surface area contributed by atoms with Crippen LogP contribution in [0.4, 0.5) is 11.8 Å². The monoisotopic (exact) mass is 374 g/mol. The summed E-state index contributed by atoms with van der Waals surface area (Å²) in [5.41, 5.74) is 6.97. The number of piperidine rings is 1. The number of hydrogen-bond acceptors (Lipinski definition) is 6. The molecule has 0 bridgehead atoms. The molecule has 1 aromatic heterocycles. The first-order valence-electron chi connectivity index (χ1n) is 8.99. The summed E-state index contributed by atoms with van der Waals surface area (Å²) in [6, 6.07) is 9.46. The molecule has 0 spiro atoms. The second-order valence-electron chi connectivity index (χ2n) is 7.10. The molecular formula is C19H23ClN4O2. The van der Waals surface area contributed by atoms with Crippen molar-refractivity contribution in [3.8, 4) is 0 Å². The number of rotatable bonds is 3. The number of nitrogen functional groups attached to an aromatic ring is 1. The van der Waals surface area contributed by atoms with Crippen LogP contribution in [0.2, 0.25) is 5.02 Å². The third-order valence-corrected chi connectivity index (χ3v) is 5.65. The Bertz CT molecular complexity index is 770. The van der Waals surface area contributed by atoms with E-state index < -0.39 is 5.60 Å². The van der Waals surface area contributed by atoms with Gasteiger partial charge in [0.15, 0.2) is 0 Å². The molecule has 26 heavy (non-hydrogen) atoms. The number of nitrogens with zero attached hydrogens (tertiary/aromatic N) is 3. The highest BCUT2D eigenvalue weighted by molar-refractivity contribution is 6.30. The number of anilines is 2. The summed E-state index contributed by atoms with van der Waals surface area (Å²) in [5.74, 6) is 1.41. The van der Waals surface area contributed by atoms with E-state index in [1.807, 2.05) is 30.3 Å². The topological polar surface area (TPSA) is 84.5 Å². The number of halogens is 1. The molecule has 0 radical (unpaired) electrons. The van der Waals surface area contributed by atoms with Gasteiger partial charge in [-0.2, -0.15) is 4.98 Å². The van der Waals surface area contributed by atoms with Crippen molar-refractivity contribution in [1.82, 2.24) is 9.97 Å². The number of nitrogens with two attached hydrogens (primary N) is 1. The van der Waals surface area contributed by atoms with Crippen LogP contribution < -0.4 is 10.6 Å². The minimum Gasteiger partial charge on any atom is -0.385 e. The zero-order valence-corrected chi connectivity index (χ0v) is 15.3. The maximum absolute atomic E-state index is 11.0. The molecule has 0 saturated carbocycles. The molecule has 3 N–H and O–H groups in total. The molecule has 1 aromatic carbocycles. The van der Waals surface area contributed by atoms with Crippen LogP contribution in [0.5, 0.6) is 0 Å². The predicted molar refractivity (Wildman–Crippen MR) is 101 cm³/mol. The van der Waals surface area contributed by atoms with E-state index >= 15 is 0 Å². The average molecular weight is 375 g/mol. The van der Waals surface area contributed by atoms with E-state index in [-0.39, 0.29) is 5.92 Å². The molecule has 2 saturated heterocycles. The van der Waals surface area contributed by atoms with Crippen molar-refractivity contribution in [1.29, 1.82) is 0 Å². The zero-order chi connectivity index (χ0) is 18.1. The first-order valence-corrected chi connectivity index (χ1v) is 9.37. The molecule has 1 unspecified atom stereocenters. The van der Waals surface area contributed by atoms with Gasteiger partial charge in [0.1, 0.15) is 5.82 Å². The largest absolute Gasteiger partial charge is 0.385 e. The molecule has 1 atom stereocenters. The van der Waals surface area contributed by atoms with Gasteiger partial charge >= 0.3 is 0 Å². The quantitative estimate of drug-likeness (QED) is 0.859. The Morgan fingerprint density at radius 2 is 1.92 bits per heavy atom.